The molecule has 1 fully saturated rings. The highest BCUT2D eigenvalue weighted by molar-refractivity contribution is 5.85. The highest BCUT2D eigenvalue weighted by atomic mass is 16.4. The van der Waals surface area contributed by atoms with Gasteiger partial charge in [-0.15, -0.1) is 0 Å². The molecular weight excluding hydrogens is 254 g/mol. The molecule has 0 aromatic heterocycles. The van der Waals surface area contributed by atoms with E-state index in [-0.39, 0.29) is 6.10 Å². The maximum Gasteiger partial charge on any atom is 0.328 e. The van der Waals surface area contributed by atoms with Crippen molar-refractivity contribution in [3.63, 3.8) is 0 Å². The number of benzene rings is 1. The predicted molar refractivity (Wildman–Crippen MR) is 78.2 cm³/mol. The number of likely N-dealkylation sites (tertiary alicyclic amines) is 1. The molecule has 0 amide bonds. The number of carbonyl (C=O) groups is 1. The Bertz CT molecular complexity index is 498. The van der Waals surface area contributed by atoms with Gasteiger partial charge in [-0.1, -0.05) is 31.2 Å². The molecular formula is C16H21NO3. The smallest absolute Gasteiger partial charge is 0.328 e. The fourth-order valence-electron chi connectivity index (χ4n) is 2.50. The van der Waals surface area contributed by atoms with Crippen LogP contribution in [-0.2, 0) is 11.3 Å². The zero-order valence-corrected chi connectivity index (χ0v) is 11.7. The molecule has 2 rings (SSSR count). The maximum absolute atomic E-state index is 10.6. The second-order valence-electron chi connectivity index (χ2n) is 5.44. The minimum Gasteiger partial charge on any atom is -0.478 e. The van der Waals surface area contributed by atoms with E-state index in [0.717, 1.165) is 36.7 Å². The first-order chi connectivity index (χ1) is 9.56. The van der Waals surface area contributed by atoms with E-state index >= 15 is 0 Å². The van der Waals surface area contributed by atoms with E-state index in [9.17, 15) is 9.90 Å². The molecule has 0 aliphatic carbocycles. The molecule has 1 aromatic rings. The number of β-amino-alcohol motifs (C(OH)–C–C–N with tert-alkyl or cyclic N) is 1. The van der Waals surface area contributed by atoms with Gasteiger partial charge in [0.2, 0.25) is 0 Å². The lowest BCUT2D eigenvalue weighted by Crippen LogP contribution is -2.42. The quantitative estimate of drug-likeness (QED) is 0.825. The minimum absolute atomic E-state index is 0.273. The summed E-state index contributed by atoms with van der Waals surface area (Å²) in [5.74, 6) is -0.588. The summed E-state index contributed by atoms with van der Waals surface area (Å²) < 4.78 is 0. The molecule has 2 unspecified atom stereocenters. The normalized spacial score (nSPS) is 24.1. The number of piperidine rings is 1. The summed E-state index contributed by atoms with van der Waals surface area (Å²) in [6.45, 7) is 4.46. The van der Waals surface area contributed by atoms with Crippen LogP contribution in [0.15, 0.2) is 30.3 Å². The van der Waals surface area contributed by atoms with Crippen molar-refractivity contribution in [2.45, 2.75) is 26.0 Å². The SMILES string of the molecule is CC1CCN(Cc2ccccc2/C=C/C(=O)O)CC1O. The van der Waals surface area contributed by atoms with Crippen molar-refractivity contribution in [1.82, 2.24) is 4.90 Å². The van der Waals surface area contributed by atoms with E-state index in [1.54, 1.807) is 6.08 Å². The molecule has 0 saturated carbocycles. The van der Waals surface area contributed by atoms with Crippen LogP contribution in [0.3, 0.4) is 0 Å². The lowest BCUT2D eigenvalue weighted by Gasteiger charge is -2.34. The number of carboxylic acids is 1. The zero-order chi connectivity index (χ0) is 14.5. The number of rotatable bonds is 4. The van der Waals surface area contributed by atoms with Crippen LogP contribution in [0.25, 0.3) is 6.08 Å². The Kier molecular flexibility index (Phi) is 4.93. The number of nitrogens with zero attached hydrogens (tertiary/aromatic N) is 1. The Hall–Kier alpha value is -1.65. The van der Waals surface area contributed by atoms with Gasteiger partial charge in [-0.25, -0.2) is 4.79 Å². The van der Waals surface area contributed by atoms with Gasteiger partial charge in [-0.3, -0.25) is 4.90 Å². The van der Waals surface area contributed by atoms with Crippen molar-refractivity contribution in [2.75, 3.05) is 13.1 Å². The van der Waals surface area contributed by atoms with Crippen LogP contribution in [0, 0.1) is 5.92 Å². The van der Waals surface area contributed by atoms with Crippen molar-refractivity contribution < 1.29 is 15.0 Å². The van der Waals surface area contributed by atoms with Gasteiger partial charge in [0.15, 0.2) is 0 Å². The fourth-order valence-corrected chi connectivity index (χ4v) is 2.50. The highest BCUT2D eigenvalue weighted by Gasteiger charge is 2.24. The molecule has 1 aromatic carbocycles. The number of aliphatic hydroxyl groups is 1. The molecule has 108 valence electrons. The van der Waals surface area contributed by atoms with Gasteiger partial charge in [0.1, 0.15) is 0 Å². The Morgan fingerprint density at radius 2 is 2.20 bits per heavy atom. The molecule has 0 radical (unpaired) electrons. The van der Waals surface area contributed by atoms with Gasteiger partial charge in [0, 0.05) is 19.2 Å². The third-order valence-electron chi connectivity index (χ3n) is 3.86. The molecule has 1 heterocycles. The molecule has 4 heteroatoms. The van der Waals surface area contributed by atoms with Crippen LogP contribution in [0.5, 0.6) is 0 Å². The van der Waals surface area contributed by atoms with Gasteiger partial charge < -0.3 is 10.2 Å². The van der Waals surface area contributed by atoms with Crippen LogP contribution in [-0.4, -0.2) is 40.3 Å². The molecule has 0 bridgehead atoms. The number of aliphatic carboxylic acids is 1. The zero-order valence-electron chi connectivity index (χ0n) is 11.7. The molecule has 1 aliphatic rings. The van der Waals surface area contributed by atoms with Crippen molar-refractivity contribution >= 4 is 12.0 Å². The van der Waals surface area contributed by atoms with Gasteiger partial charge in [0.25, 0.3) is 0 Å². The van der Waals surface area contributed by atoms with Crippen molar-refractivity contribution in [3.05, 3.63) is 41.5 Å². The van der Waals surface area contributed by atoms with Crippen molar-refractivity contribution in [3.8, 4) is 0 Å². The third kappa shape index (κ3) is 3.92. The average molecular weight is 275 g/mol. The third-order valence-corrected chi connectivity index (χ3v) is 3.86. The summed E-state index contributed by atoms with van der Waals surface area (Å²) in [4.78, 5) is 12.8. The van der Waals surface area contributed by atoms with E-state index in [2.05, 4.69) is 11.8 Å². The largest absolute Gasteiger partial charge is 0.478 e. The summed E-state index contributed by atoms with van der Waals surface area (Å²) in [5, 5.41) is 18.7. The highest BCUT2D eigenvalue weighted by Crippen LogP contribution is 2.20. The number of hydrogen-bond acceptors (Lipinski definition) is 3. The summed E-state index contributed by atoms with van der Waals surface area (Å²) in [6.07, 6.45) is 3.51. The van der Waals surface area contributed by atoms with Crippen molar-refractivity contribution in [1.29, 1.82) is 0 Å². The second kappa shape index (κ2) is 6.68. The lowest BCUT2D eigenvalue weighted by atomic mass is 9.95. The summed E-state index contributed by atoms with van der Waals surface area (Å²) >= 11 is 0. The van der Waals surface area contributed by atoms with Gasteiger partial charge in [0.05, 0.1) is 6.10 Å². The Morgan fingerprint density at radius 1 is 1.45 bits per heavy atom. The summed E-state index contributed by atoms with van der Waals surface area (Å²) in [5.41, 5.74) is 2.01. The second-order valence-corrected chi connectivity index (χ2v) is 5.44. The van der Waals surface area contributed by atoms with Crippen LogP contribution < -0.4 is 0 Å². The van der Waals surface area contributed by atoms with Gasteiger partial charge >= 0.3 is 5.97 Å². The molecule has 20 heavy (non-hydrogen) atoms. The van der Waals surface area contributed by atoms with Crippen LogP contribution in [0.4, 0.5) is 0 Å². The maximum atomic E-state index is 10.6. The summed E-state index contributed by atoms with van der Waals surface area (Å²) in [7, 11) is 0. The fraction of sp³-hybridized carbons (Fsp3) is 0.438. The number of hydrogen-bond donors (Lipinski definition) is 2. The molecule has 2 N–H and O–H groups in total. The lowest BCUT2D eigenvalue weighted by molar-refractivity contribution is -0.131. The molecule has 0 spiro atoms. The van der Waals surface area contributed by atoms with Crippen LogP contribution in [0.2, 0.25) is 0 Å². The van der Waals surface area contributed by atoms with E-state index in [1.807, 2.05) is 24.3 Å². The van der Waals surface area contributed by atoms with Crippen LogP contribution in [0.1, 0.15) is 24.5 Å². The Labute approximate surface area is 119 Å². The summed E-state index contributed by atoms with van der Waals surface area (Å²) in [6, 6.07) is 7.78. The van der Waals surface area contributed by atoms with Crippen LogP contribution >= 0.6 is 0 Å². The van der Waals surface area contributed by atoms with E-state index in [4.69, 9.17) is 5.11 Å². The standard InChI is InChI=1S/C16H21NO3/c1-12-8-9-17(11-15(12)18)10-14-5-3-2-4-13(14)6-7-16(19)20/h2-7,12,15,18H,8-11H2,1H3,(H,19,20)/b7-6+. The first kappa shape index (κ1) is 14.8. The number of carboxylic acid groups (broad SMARTS) is 1. The Morgan fingerprint density at radius 3 is 2.90 bits per heavy atom. The number of aliphatic hydroxyl groups excluding tert-OH is 1. The predicted octanol–water partition coefficient (Wildman–Crippen LogP) is 1.99. The minimum atomic E-state index is -0.943. The molecule has 1 saturated heterocycles. The van der Waals surface area contributed by atoms with Crippen molar-refractivity contribution in [2.24, 2.45) is 5.92 Å². The molecule has 2 atom stereocenters. The van der Waals surface area contributed by atoms with E-state index < -0.39 is 5.97 Å². The van der Waals surface area contributed by atoms with Gasteiger partial charge in [-0.2, -0.15) is 0 Å². The molecule has 4 nitrogen and oxygen atoms in total. The monoisotopic (exact) mass is 275 g/mol. The average Bonchev–Trinajstić information content (AvgIpc) is 2.42. The topological polar surface area (TPSA) is 60.8 Å². The van der Waals surface area contributed by atoms with E-state index in [1.165, 1.54) is 0 Å². The Balaban J connectivity index is 2.07. The van der Waals surface area contributed by atoms with E-state index in [0.29, 0.717) is 12.5 Å². The first-order valence-electron chi connectivity index (χ1n) is 6.95. The molecule has 1 aliphatic heterocycles. The van der Waals surface area contributed by atoms with Gasteiger partial charge in [-0.05, 0) is 36.1 Å². The first-order valence-corrected chi connectivity index (χ1v) is 6.95.